The number of aryl methyl sites for hydroxylation is 1. The number of hydrogen-bond donors (Lipinski definition) is 0. The fourth-order valence-corrected chi connectivity index (χ4v) is 2.63. The van der Waals surface area contributed by atoms with Crippen LogP contribution < -0.4 is 0 Å². The van der Waals surface area contributed by atoms with E-state index in [0.717, 1.165) is 6.07 Å². The largest absolute Gasteiger partial charge is 0.423 e. The van der Waals surface area contributed by atoms with Crippen LogP contribution in [0.25, 0.3) is 0 Å². The Morgan fingerprint density at radius 1 is 1.29 bits per heavy atom. The van der Waals surface area contributed by atoms with Crippen molar-refractivity contribution in [3.63, 3.8) is 0 Å². The van der Waals surface area contributed by atoms with Crippen molar-refractivity contribution in [1.82, 2.24) is 15.1 Å². The van der Waals surface area contributed by atoms with Crippen molar-refractivity contribution in [2.24, 2.45) is 0 Å². The number of rotatable bonds is 3. The van der Waals surface area contributed by atoms with Gasteiger partial charge in [0.1, 0.15) is 11.9 Å². The highest BCUT2D eigenvalue weighted by Crippen LogP contribution is 2.33. The van der Waals surface area contributed by atoms with Gasteiger partial charge < -0.3 is 9.15 Å². The number of halogens is 4. The van der Waals surface area contributed by atoms with Gasteiger partial charge >= 0.3 is 6.18 Å². The highest BCUT2D eigenvalue weighted by Gasteiger charge is 2.35. The highest BCUT2D eigenvalue weighted by molar-refractivity contribution is 5.30. The quantitative estimate of drug-likeness (QED) is 0.800. The minimum Gasteiger partial charge on any atom is -0.423 e. The summed E-state index contributed by atoms with van der Waals surface area (Å²) in [6, 6.07) is 2.72. The maximum atomic E-state index is 13.2. The van der Waals surface area contributed by atoms with Crippen LogP contribution in [0, 0.1) is 12.7 Å². The lowest BCUT2D eigenvalue weighted by Crippen LogP contribution is -2.38. The smallest absolute Gasteiger partial charge is 0.416 e. The predicted molar refractivity (Wildman–Crippen MR) is 74.4 cm³/mol. The average molecular weight is 345 g/mol. The molecule has 1 aromatic carbocycles. The van der Waals surface area contributed by atoms with Crippen molar-refractivity contribution >= 4 is 0 Å². The van der Waals surface area contributed by atoms with Crippen LogP contribution in [0.3, 0.4) is 0 Å². The Hall–Kier alpha value is -2.00. The summed E-state index contributed by atoms with van der Waals surface area (Å²) < 4.78 is 63.3. The molecule has 3 rings (SSSR count). The minimum absolute atomic E-state index is 0.0197. The standard InChI is InChI=1S/C15H15F4N3O2/c1-9-20-21-14(24-9)13-8-22(4-5-23-13)7-10-2-3-11(16)6-12(10)15(17,18)19/h2-3,6,13H,4-5,7-8H2,1H3. The van der Waals surface area contributed by atoms with E-state index in [4.69, 9.17) is 9.15 Å². The number of alkyl halides is 3. The minimum atomic E-state index is -4.60. The second kappa shape index (κ2) is 6.48. The molecule has 1 saturated heterocycles. The highest BCUT2D eigenvalue weighted by atomic mass is 19.4. The zero-order valence-corrected chi connectivity index (χ0v) is 12.8. The average Bonchev–Trinajstić information content (AvgIpc) is 2.95. The Labute approximate surface area is 135 Å². The van der Waals surface area contributed by atoms with Gasteiger partial charge in [0.15, 0.2) is 0 Å². The first-order valence-electron chi connectivity index (χ1n) is 7.32. The molecule has 0 radical (unpaired) electrons. The second-order valence-electron chi connectivity index (χ2n) is 5.55. The lowest BCUT2D eigenvalue weighted by atomic mass is 10.1. The summed E-state index contributed by atoms with van der Waals surface area (Å²) in [5.74, 6) is -0.219. The summed E-state index contributed by atoms with van der Waals surface area (Å²) in [4.78, 5) is 1.79. The Bertz CT molecular complexity index is 717. The third kappa shape index (κ3) is 3.73. The van der Waals surface area contributed by atoms with Crippen LogP contribution in [0.1, 0.15) is 29.0 Å². The monoisotopic (exact) mass is 345 g/mol. The molecule has 1 aliphatic heterocycles. The summed E-state index contributed by atoms with van der Waals surface area (Å²) in [5.41, 5.74) is -0.939. The zero-order valence-electron chi connectivity index (χ0n) is 12.8. The van der Waals surface area contributed by atoms with Gasteiger partial charge in [0, 0.05) is 26.6 Å². The normalized spacial score (nSPS) is 19.6. The van der Waals surface area contributed by atoms with E-state index in [0.29, 0.717) is 37.5 Å². The van der Waals surface area contributed by atoms with Gasteiger partial charge in [-0.05, 0) is 17.7 Å². The van der Waals surface area contributed by atoms with E-state index in [2.05, 4.69) is 10.2 Å². The molecule has 130 valence electrons. The van der Waals surface area contributed by atoms with Gasteiger partial charge in [0.2, 0.25) is 11.8 Å². The first kappa shape index (κ1) is 16.8. The van der Waals surface area contributed by atoms with E-state index in [1.165, 1.54) is 6.07 Å². The Morgan fingerprint density at radius 3 is 2.75 bits per heavy atom. The molecule has 0 bridgehead atoms. The maximum absolute atomic E-state index is 13.2. The van der Waals surface area contributed by atoms with Gasteiger partial charge in [-0.15, -0.1) is 10.2 Å². The van der Waals surface area contributed by atoms with Crippen LogP contribution in [0.4, 0.5) is 17.6 Å². The lowest BCUT2D eigenvalue weighted by molar-refractivity contribution is -0.138. The van der Waals surface area contributed by atoms with Crippen molar-refractivity contribution in [2.75, 3.05) is 19.7 Å². The van der Waals surface area contributed by atoms with E-state index in [1.807, 2.05) is 0 Å². The topological polar surface area (TPSA) is 51.4 Å². The van der Waals surface area contributed by atoms with Gasteiger partial charge in [-0.3, -0.25) is 4.90 Å². The molecule has 1 fully saturated rings. The first-order chi connectivity index (χ1) is 11.3. The molecule has 2 aromatic rings. The van der Waals surface area contributed by atoms with Gasteiger partial charge in [-0.2, -0.15) is 13.2 Å². The van der Waals surface area contributed by atoms with Crippen LogP contribution in [0.5, 0.6) is 0 Å². The third-order valence-electron chi connectivity index (χ3n) is 3.74. The van der Waals surface area contributed by atoms with E-state index >= 15 is 0 Å². The molecule has 0 amide bonds. The van der Waals surface area contributed by atoms with Crippen LogP contribution in [-0.2, 0) is 17.5 Å². The summed E-state index contributed by atoms with van der Waals surface area (Å²) in [7, 11) is 0. The molecular weight excluding hydrogens is 330 g/mol. The molecule has 9 heteroatoms. The lowest BCUT2D eigenvalue weighted by Gasteiger charge is -2.31. The van der Waals surface area contributed by atoms with Gasteiger partial charge in [0.25, 0.3) is 0 Å². The van der Waals surface area contributed by atoms with Crippen LogP contribution in [0.2, 0.25) is 0 Å². The van der Waals surface area contributed by atoms with Crippen molar-refractivity contribution in [2.45, 2.75) is 25.7 Å². The molecule has 24 heavy (non-hydrogen) atoms. The molecule has 2 heterocycles. The molecule has 0 spiro atoms. The molecular formula is C15H15F4N3O2. The van der Waals surface area contributed by atoms with Crippen molar-refractivity contribution < 1.29 is 26.7 Å². The zero-order chi connectivity index (χ0) is 17.3. The molecule has 1 aliphatic rings. The fourth-order valence-electron chi connectivity index (χ4n) is 2.63. The van der Waals surface area contributed by atoms with Gasteiger partial charge in [-0.25, -0.2) is 4.39 Å². The molecule has 1 aromatic heterocycles. The molecule has 1 unspecified atom stereocenters. The van der Waals surface area contributed by atoms with Crippen molar-refractivity contribution in [1.29, 1.82) is 0 Å². The number of aromatic nitrogens is 2. The molecule has 0 aliphatic carbocycles. The van der Waals surface area contributed by atoms with Crippen LogP contribution in [0.15, 0.2) is 22.6 Å². The Kier molecular flexibility index (Phi) is 4.55. The van der Waals surface area contributed by atoms with E-state index in [1.54, 1.807) is 11.8 Å². The molecule has 1 atom stereocenters. The number of hydrogen-bond acceptors (Lipinski definition) is 5. The van der Waals surface area contributed by atoms with E-state index < -0.39 is 23.7 Å². The maximum Gasteiger partial charge on any atom is 0.416 e. The second-order valence-corrected chi connectivity index (χ2v) is 5.55. The Balaban J connectivity index is 1.76. The van der Waals surface area contributed by atoms with Gasteiger partial charge in [0.05, 0.1) is 12.2 Å². The Morgan fingerprint density at radius 2 is 2.08 bits per heavy atom. The predicted octanol–water partition coefficient (Wildman–Crippen LogP) is 3.11. The van der Waals surface area contributed by atoms with Crippen LogP contribution >= 0.6 is 0 Å². The number of ether oxygens (including phenoxy) is 1. The number of benzene rings is 1. The summed E-state index contributed by atoms with van der Waals surface area (Å²) in [6.07, 6.45) is -5.10. The number of nitrogens with zero attached hydrogens (tertiary/aromatic N) is 3. The summed E-state index contributed by atoms with van der Waals surface area (Å²) >= 11 is 0. The van der Waals surface area contributed by atoms with Crippen LogP contribution in [-0.4, -0.2) is 34.8 Å². The third-order valence-corrected chi connectivity index (χ3v) is 3.74. The SMILES string of the molecule is Cc1nnc(C2CN(Cc3ccc(F)cc3C(F)(F)F)CCO2)o1. The molecule has 5 nitrogen and oxygen atoms in total. The van der Waals surface area contributed by atoms with Gasteiger partial charge in [-0.1, -0.05) is 6.07 Å². The van der Waals surface area contributed by atoms with E-state index in [-0.39, 0.29) is 12.1 Å². The van der Waals surface area contributed by atoms with E-state index in [9.17, 15) is 17.6 Å². The van der Waals surface area contributed by atoms with Crippen molar-refractivity contribution in [3.8, 4) is 0 Å². The summed E-state index contributed by atoms with van der Waals surface area (Å²) in [5, 5.41) is 7.60. The molecule has 0 saturated carbocycles. The van der Waals surface area contributed by atoms with Crippen molar-refractivity contribution in [3.05, 3.63) is 46.9 Å². The first-order valence-corrected chi connectivity index (χ1v) is 7.32. The fraction of sp³-hybridized carbons (Fsp3) is 0.467. The summed E-state index contributed by atoms with van der Waals surface area (Å²) in [6.45, 7) is 2.77. The molecule has 0 N–H and O–H groups in total. The number of morpholine rings is 1.